The molecule has 1 fully saturated rings. The molecule has 0 aliphatic carbocycles. The topological polar surface area (TPSA) is 59.0 Å². The van der Waals surface area contributed by atoms with Crippen molar-refractivity contribution < 1.29 is 19.4 Å². The van der Waals surface area contributed by atoms with E-state index in [2.05, 4.69) is 0 Å². The largest absolute Gasteiger partial charge is 0.497 e. The van der Waals surface area contributed by atoms with E-state index in [1.807, 2.05) is 62.4 Å². The third-order valence-corrected chi connectivity index (χ3v) is 5.19. The molecular formula is C21H25NO4. The second kappa shape index (κ2) is 7.38. The van der Waals surface area contributed by atoms with Crippen LogP contribution in [0.15, 0.2) is 48.5 Å². The molecule has 2 aromatic rings. The van der Waals surface area contributed by atoms with Gasteiger partial charge in [0, 0.05) is 13.0 Å². The molecule has 0 aromatic heterocycles. The highest BCUT2D eigenvalue weighted by Crippen LogP contribution is 2.36. The standard InChI is InChI=1S/C21H25NO4/c1-15(17-6-10-19(25-3)11-7-17)22-13-12-21(2,26-20(22)24)18-8-4-16(14-23)5-9-18/h4-11,15,23H,12-14H2,1-3H3/t15-,21?/m0/s1. The summed E-state index contributed by atoms with van der Waals surface area (Å²) in [6.45, 7) is 4.56. The molecule has 1 heterocycles. The fourth-order valence-corrected chi connectivity index (χ4v) is 3.31. The summed E-state index contributed by atoms with van der Waals surface area (Å²) in [5, 5.41) is 9.18. The van der Waals surface area contributed by atoms with Crippen LogP contribution in [0.25, 0.3) is 0 Å². The van der Waals surface area contributed by atoms with Gasteiger partial charge in [-0.05, 0) is 42.7 Å². The van der Waals surface area contributed by atoms with Crippen molar-refractivity contribution in [2.45, 2.75) is 38.5 Å². The number of amides is 1. The normalized spacial score (nSPS) is 21.2. The molecule has 5 heteroatoms. The molecule has 26 heavy (non-hydrogen) atoms. The quantitative estimate of drug-likeness (QED) is 0.880. The number of benzene rings is 2. The first kappa shape index (κ1) is 18.3. The van der Waals surface area contributed by atoms with E-state index in [1.54, 1.807) is 12.0 Å². The summed E-state index contributed by atoms with van der Waals surface area (Å²) in [5.41, 5.74) is 2.17. The maximum atomic E-state index is 12.7. The summed E-state index contributed by atoms with van der Waals surface area (Å²) in [5.74, 6) is 0.793. The first-order valence-electron chi connectivity index (χ1n) is 8.80. The molecule has 1 unspecified atom stereocenters. The molecular weight excluding hydrogens is 330 g/mol. The summed E-state index contributed by atoms with van der Waals surface area (Å²) < 4.78 is 11.0. The Morgan fingerprint density at radius 2 is 1.85 bits per heavy atom. The van der Waals surface area contributed by atoms with Gasteiger partial charge >= 0.3 is 6.09 Å². The zero-order valence-corrected chi connectivity index (χ0v) is 15.4. The van der Waals surface area contributed by atoms with Crippen LogP contribution in [0, 0.1) is 0 Å². The molecule has 1 aliphatic heterocycles. The molecule has 2 aromatic carbocycles. The predicted octanol–water partition coefficient (Wildman–Crippen LogP) is 4.01. The number of carbonyl (C=O) groups is 1. The average Bonchev–Trinajstić information content (AvgIpc) is 2.67. The molecule has 1 saturated heterocycles. The molecule has 0 radical (unpaired) electrons. The number of aliphatic hydroxyl groups excluding tert-OH is 1. The van der Waals surface area contributed by atoms with Crippen molar-refractivity contribution in [3.05, 3.63) is 65.2 Å². The highest BCUT2D eigenvalue weighted by Gasteiger charge is 2.39. The van der Waals surface area contributed by atoms with Gasteiger partial charge in [-0.25, -0.2) is 4.79 Å². The van der Waals surface area contributed by atoms with E-state index < -0.39 is 5.60 Å². The van der Waals surface area contributed by atoms with Crippen LogP contribution in [0.5, 0.6) is 5.75 Å². The van der Waals surface area contributed by atoms with E-state index in [0.29, 0.717) is 13.0 Å². The third-order valence-electron chi connectivity index (χ3n) is 5.19. The Labute approximate surface area is 154 Å². The first-order valence-corrected chi connectivity index (χ1v) is 8.80. The molecule has 2 atom stereocenters. The van der Waals surface area contributed by atoms with Crippen molar-refractivity contribution in [1.29, 1.82) is 0 Å². The average molecular weight is 355 g/mol. The van der Waals surface area contributed by atoms with E-state index >= 15 is 0 Å². The van der Waals surface area contributed by atoms with E-state index in [0.717, 1.165) is 22.4 Å². The van der Waals surface area contributed by atoms with Gasteiger partial charge in [0.15, 0.2) is 0 Å². The highest BCUT2D eigenvalue weighted by atomic mass is 16.6. The van der Waals surface area contributed by atoms with Gasteiger partial charge in [-0.2, -0.15) is 0 Å². The van der Waals surface area contributed by atoms with Gasteiger partial charge in [0.1, 0.15) is 11.4 Å². The number of rotatable bonds is 5. The fourth-order valence-electron chi connectivity index (χ4n) is 3.31. The van der Waals surface area contributed by atoms with Gasteiger partial charge in [-0.1, -0.05) is 36.4 Å². The molecule has 1 amide bonds. The molecule has 1 N–H and O–H groups in total. The van der Waals surface area contributed by atoms with Crippen LogP contribution in [0.1, 0.15) is 43.0 Å². The summed E-state index contributed by atoms with van der Waals surface area (Å²) in [7, 11) is 1.63. The van der Waals surface area contributed by atoms with E-state index in [4.69, 9.17) is 9.47 Å². The zero-order chi connectivity index (χ0) is 18.7. The molecule has 5 nitrogen and oxygen atoms in total. The number of nitrogens with zero attached hydrogens (tertiary/aromatic N) is 1. The summed E-state index contributed by atoms with van der Waals surface area (Å²) in [6, 6.07) is 15.2. The van der Waals surface area contributed by atoms with Crippen molar-refractivity contribution >= 4 is 6.09 Å². The minimum atomic E-state index is -0.652. The van der Waals surface area contributed by atoms with Crippen LogP contribution < -0.4 is 4.74 Å². The minimum absolute atomic E-state index is 0.00390. The Kier molecular flexibility index (Phi) is 5.18. The lowest BCUT2D eigenvalue weighted by Gasteiger charge is -2.41. The predicted molar refractivity (Wildman–Crippen MR) is 98.9 cm³/mol. The number of hydrogen-bond acceptors (Lipinski definition) is 4. The molecule has 3 rings (SSSR count). The van der Waals surface area contributed by atoms with Crippen LogP contribution in [0.4, 0.5) is 4.79 Å². The van der Waals surface area contributed by atoms with Crippen molar-refractivity contribution in [2.24, 2.45) is 0 Å². The number of methoxy groups -OCH3 is 1. The van der Waals surface area contributed by atoms with Gasteiger partial charge in [0.2, 0.25) is 0 Å². The van der Waals surface area contributed by atoms with E-state index in [-0.39, 0.29) is 18.7 Å². The Morgan fingerprint density at radius 3 is 2.38 bits per heavy atom. The lowest BCUT2D eigenvalue weighted by atomic mass is 9.90. The van der Waals surface area contributed by atoms with Gasteiger partial charge in [0.25, 0.3) is 0 Å². The van der Waals surface area contributed by atoms with Gasteiger partial charge in [-0.15, -0.1) is 0 Å². The first-order chi connectivity index (χ1) is 12.5. The van der Waals surface area contributed by atoms with Gasteiger partial charge < -0.3 is 19.5 Å². The summed E-state index contributed by atoms with van der Waals surface area (Å²) in [6.07, 6.45) is 0.394. The zero-order valence-electron chi connectivity index (χ0n) is 15.4. The number of cyclic esters (lactones) is 1. The summed E-state index contributed by atoms with van der Waals surface area (Å²) >= 11 is 0. The molecule has 1 aliphatic rings. The van der Waals surface area contributed by atoms with Crippen molar-refractivity contribution in [1.82, 2.24) is 4.90 Å². The van der Waals surface area contributed by atoms with Gasteiger partial charge in [-0.3, -0.25) is 0 Å². The maximum absolute atomic E-state index is 12.7. The van der Waals surface area contributed by atoms with Crippen LogP contribution in [-0.2, 0) is 16.9 Å². The van der Waals surface area contributed by atoms with Crippen LogP contribution >= 0.6 is 0 Å². The Balaban J connectivity index is 1.73. The minimum Gasteiger partial charge on any atom is -0.497 e. The number of ether oxygens (including phenoxy) is 2. The Hall–Kier alpha value is -2.53. The summed E-state index contributed by atoms with van der Waals surface area (Å²) in [4.78, 5) is 14.4. The van der Waals surface area contributed by atoms with Crippen molar-refractivity contribution in [2.75, 3.05) is 13.7 Å². The molecule has 138 valence electrons. The number of hydrogen-bond donors (Lipinski definition) is 1. The van der Waals surface area contributed by atoms with Crippen LogP contribution in [-0.4, -0.2) is 29.8 Å². The van der Waals surface area contributed by atoms with Crippen molar-refractivity contribution in [3.63, 3.8) is 0 Å². The maximum Gasteiger partial charge on any atom is 0.411 e. The Bertz CT molecular complexity index is 757. The van der Waals surface area contributed by atoms with E-state index in [9.17, 15) is 9.90 Å². The van der Waals surface area contributed by atoms with Gasteiger partial charge in [0.05, 0.1) is 19.8 Å². The number of carbonyl (C=O) groups excluding carboxylic acids is 1. The SMILES string of the molecule is COc1ccc([C@H](C)N2CCC(C)(c3ccc(CO)cc3)OC2=O)cc1. The van der Waals surface area contributed by atoms with E-state index in [1.165, 1.54) is 0 Å². The van der Waals surface area contributed by atoms with Crippen LogP contribution in [0.3, 0.4) is 0 Å². The second-order valence-electron chi connectivity index (χ2n) is 6.85. The van der Waals surface area contributed by atoms with Crippen LogP contribution in [0.2, 0.25) is 0 Å². The molecule has 0 spiro atoms. The number of aliphatic hydroxyl groups is 1. The Morgan fingerprint density at radius 1 is 1.19 bits per heavy atom. The third kappa shape index (κ3) is 3.53. The monoisotopic (exact) mass is 355 g/mol. The second-order valence-corrected chi connectivity index (χ2v) is 6.85. The smallest absolute Gasteiger partial charge is 0.411 e. The fraction of sp³-hybridized carbons (Fsp3) is 0.381. The lowest BCUT2D eigenvalue weighted by Crippen LogP contribution is -2.47. The highest BCUT2D eigenvalue weighted by molar-refractivity contribution is 5.70. The molecule has 0 saturated carbocycles. The lowest BCUT2D eigenvalue weighted by molar-refractivity contribution is -0.0491. The van der Waals surface area contributed by atoms with Crippen molar-refractivity contribution in [3.8, 4) is 5.75 Å². The molecule has 0 bridgehead atoms.